The molecule has 0 radical (unpaired) electrons. The molecule has 0 aliphatic carbocycles. The quantitative estimate of drug-likeness (QED) is 0.789. The molecule has 0 unspecified atom stereocenters. The zero-order valence-corrected chi connectivity index (χ0v) is 8.48. The Hall–Kier alpha value is -0.900. The van der Waals surface area contributed by atoms with Crippen molar-refractivity contribution in [3.63, 3.8) is 0 Å². The minimum Gasteiger partial charge on any atom is -0.370 e. The number of hydrogen-bond acceptors (Lipinski definition) is 2. The van der Waals surface area contributed by atoms with Gasteiger partial charge < -0.3 is 5.32 Å². The summed E-state index contributed by atoms with van der Waals surface area (Å²) in [7, 11) is 0. The summed E-state index contributed by atoms with van der Waals surface area (Å²) in [4.78, 5) is 3.90. The van der Waals surface area contributed by atoms with Gasteiger partial charge in [0.25, 0.3) is 0 Å². The SMILES string of the molecule is CC(F)(F)CCNc1cccc(Cl)n1. The fraction of sp³-hybridized carbons (Fsp3) is 0.444. The fourth-order valence-corrected chi connectivity index (χ4v) is 1.08. The molecule has 0 saturated heterocycles. The number of alkyl halides is 2. The molecule has 0 atom stereocenters. The molecule has 0 aliphatic heterocycles. The molecule has 1 aromatic heterocycles. The molecule has 0 bridgehead atoms. The monoisotopic (exact) mass is 220 g/mol. The Morgan fingerprint density at radius 1 is 1.50 bits per heavy atom. The van der Waals surface area contributed by atoms with E-state index in [0.29, 0.717) is 11.0 Å². The predicted octanol–water partition coefficient (Wildman–Crippen LogP) is 3.19. The lowest BCUT2D eigenvalue weighted by atomic mass is 10.3. The maximum atomic E-state index is 12.4. The van der Waals surface area contributed by atoms with E-state index in [0.717, 1.165) is 6.92 Å². The number of pyridine rings is 1. The smallest absolute Gasteiger partial charge is 0.247 e. The van der Waals surface area contributed by atoms with Crippen LogP contribution in [0.3, 0.4) is 0 Å². The lowest BCUT2D eigenvalue weighted by molar-refractivity contribution is 0.0167. The molecule has 14 heavy (non-hydrogen) atoms. The van der Waals surface area contributed by atoms with Gasteiger partial charge in [0.2, 0.25) is 5.92 Å². The van der Waals surface area contributed by atoms with Crippen LogP contribution in [0.15, 0.2) is 18.2 Å². The van der Waals surface area contributed by atoms with Crippen molar-refractivity contribution in [2.24, 2.45) is 0 Å². The first kappa shape index (κ1) is 11.2. The number of anilines is 1. The minimum absolute atomic E-state index is 0.177. The lowest BCUT2D eigenvalue weighted by Gasteiger charge is -2.10. The second-order valence-electron chi connectivity index (χ2n) is 3.09. The van der Waals surface area contributed by atoms with Gasteiger partial charge in [-0.3, -0.25) is 0 Å². The Morgan fingerprint density at radius 3 is 2.79 bits per heavy atom. The van der Waals surface area contributed by atoms with Gasteiger partial charge in [0, 0.05) is 13.0 Å². The largest absolute Gasteiger partial charge is 0.370 e. The standard InChI is InChI=1S/C9H11ClF2N2/c1-9(11,12)5-6-13-8-4-2-3-7(10)14-8/h2-4H,5-6H2,1H3,(H,13,14). The fourth-order valence-electron chi connectivity index (χ4n) is 0.917. The van der Waals surface area contributed by atoms with Gasteiger partial charge in [-0.2, -0.15) is 0 Å². The van der Waals surface area contributed by atoms with Gasteiger partial charge in [0.1, 0.15) is 11.0 Å². The third kappa shape index (κ3) is 4.37. The van der Waals surface area contributed by atoms with E-state index in [4.69, 9.17) is 11.6 Å². The Labute approximate surface area is 86.3 Å². The topological polar surface area (TPSA) is 24.9 Å². The Bertz CT molecular complexity index is 299. The van der Waals surface area contributed by atoms with Crippen LogP contribution in [0.25, 0.3) is 0 Å². The van der Waals surface area contributed by atoms with Crippen LogP contribution in [0, 0.1) is 0 Å². The zero-order chi connectivity index (χ0) is 10.6. The molecule has 1 N–H and O–H groups in total. The van der Waals surface area contributed by atoms with Crippen LogP contribution in [0.4, 0.5) is 14.6 Å². The van der Waals surface area contributed by atoms with E-state index >= 15 is 0 Å². The van der Waals surface area contributed by atoms with Gasteiger partial charge in [0.15, 0.2) is 0 Å². The second-order valence-corrected chi connectivity index (χ2v) is 3.48. The maximum absolute atomic E-state index is 12.4. The summed E-state index contributed by atoms with van der Waals surface area (Å²) in [6.07, 6.45) is -0.221. The van der Waals surface area contributed by atoms with Crippen molar-refractivity contribution in [1.29, 1.82) is 0 Å². The molecular weight excluding hydrogens is 210 g/mol. The molecule has 0 aromatic carbocycles. The van der Waals surface area contributed by atoms with Gasteiger partial charge >= 0.3 is 0 Å². The summed E-state index contributed by atoms with van der Waals surface area (Å²) in [6.45, 7) is 1.07. The van der Waals surface area contributed by atoms with Crippen LogP contribution >= 0.6 is 11.6 Å². The van der Waals surface area contributed by atoms with Crippen molar-refractivity contribution in [1.82, 2.24) is 4.98 Å². The summed E-state index contributed by atoms with van der Waals surface area (Å²) in [5, 5.41) is 3.11. The highest BCUT2D eigenvalue weighted by molar-refractivity contribution is 6.29. The van der Waals surface area contributed by atoms with Crippen molar-refractivity contribution in [3.05, 3.63) is 23.4 Å². The zero-order valence-electron chi connectivity index (χ0n) is 7.73. The normalized spacial score (nSPS) is 11.4. The third-order valence-corrected chi connectivity index (χ3v) is 1.80. The summed E-state index contributed by atoms with van der Waals surface area (Å²) < 4.78 is 24.8. The average Bonchev–Trinajstić information content (AvgIpc) is 2.01. The summed E-state index contributed by atoms with van der Waals surface area (Å²) in [5.74, 6) is -2.13. The number of aromatic nitrogens is 1. The Kier molecular flexibility index (Phi) is 3.63. The molecule has 0 aliphatic rings. The van der Waals surface area contributed by atoms with Crippen LogP contribution in [0.1, 0.15) is 13.3 Å². The maximum Gasteiger partial charge on any atom is 0.247 e. The third-order valence-electron chi connectivity index (χ3n) is 1.59. The van der Waals surface area contributed by atoms with Crippen molar-refractivity contribution in [2.75, 3.05) is 11.9 Å². The van der Waals surface area contributed by atoms with Crippen LogP contribution in [-0.4, -0.2) is 17.5 Å². The molecule has 5 heteroatoms. The van der Waals surface area contributed by atoms with Gasteiger partial charge in [-0.05, 0) is 19.1 Å². The van der Waals surface area contributed by atoms with Crippen molar-refractivity contribution in [3.8, 4) is 0 Å². The van der Waals surface area contributed by atoms with E-state index in [2.05, 4.69) is 10.3 Å². The van der Waals surface area contributed by atoms with Crippen LogP contribution < -0.4 is 5.32 Å². The van der Waals surface area contributed by atoms with E-state index in [1.165, 1.54) is 0 Å². The van der Waals surface area contributed by atoms with Crippen LogP contribution in [0.2, 0.25) is 5.15 Å². The van der Waals surface area contributed by atoms with Gasteiger partial charge in [-0.15, -0.1) is 0 Å². The van der Waals surface area contributed by atoms with E-state index in [-0.39, 0.29) is 13.0 Å². The van der Waals surface area contributed by atoms with Crippen LogP contribution in [0.5, 0.6) is 0 Å². The summed E-state index contributed by atoms with van der Waals surface area (Å²) >= 11 is 5.61. The first-order valence-electron chi connectivity index (χ1n) is 4.22. The van der Waals surface area contributed by atoms with Crippen LogP contribution in [-0.2, 0) is 0 Å². The Morgan fingerprint density at radius 2 is 2.21 bits per heavy atom. The summed E-state index contributed by atoms with van der Waals surface area (Å²) in [6, 6.07) is 5.02. The number of rotatable bonds is 4. The average molecular weight is 221 g/mol. The van der Waals surface area contributed by atoms with E-state index in [1.807, 2.05) is 0 Å². The van der Waals surface area contributed by atoms with Crippen molar-refractivity contribution < 1.29 is 8.78 Å². The Balaban J connectivity index is 2.39. The first-order chi connectivity index (χ1) is 6.47. The van der Waals surface area contributed by atoms with E-state index in [1.54, 1.807) is 18.2 Å². The first-order valence-corrected chi connectivity index (χ1v) is 4.59. The molecule has 2 nitrogen and oxygen atoms in total. The number of nitrogens with one attached hydrogen (secondary N) is 1. The number of halogens is 3. The van der Waals surface area contributed by atoms with Gasteiger partial charge in [0.05, 0.1) is 0 Å². The lowest BCUT2D eigenvalue weighted by Crippen LogP contribution is -2.16. The molecular formula is C9H11ClF2N2. The molecule has 0 spiro atoms. The molecule has 0 amide bonds. The van der Waals surface area contributed by atoms with Gasteiger partial charge in [-0.25, -0.2) is 13.8 Å². The predicted molar refractivity (Wildman–Crippen MR) is 53.0 cm³/mol. The molecule has 1 aromatic rings. The second kappa shape index (κ2) is 4.55. The highest BCUT2D eigenvalue weighted by Crippen LogP contribution is 2.16. The molecule has 78 valence electrons. The van der Waals surface area contributed by atoms with Crippen molar-refractivity contribution in [2.45, 2.75) is 19.3 Å². The minimum atomic E-state index is -2.65. The molecule has 0 saturated carbocycles. The van der Waals surface area contributed by atoms with Crippen molar-refractivity contribution >= 4 is 17.4 Å². The highest BCUT2D eigenvalue weighted by atomic mass is 35.5. The number of hydrogen-bond donors (Lipinski definition) is 1. The highest BCUT2D eigenvalue weighted by Gasteiger charge is 2.19. The molecule has 1 rings (SSSR count). The molecule has 1 heterocycles. The van der Waals surface area contributed by atoms with Gasteiger partial charge in [-0.1, -0.05) is 17.7 Å². The number of nitrogens with zero attached hydrogens (tertiary/aromatic N) is 1. The molecule has 0 fully saturated rings. The summed E-state index contributed by atoms with van der Waals surface area (Å²) in [5.41, 5.74) is 0. The van der Waals surface area contributed by atoms with E-state index < -0.39 is 5.92 Å². The van der Waals surface area contributed by atoms with E-state index in [9.17, 15) is 8.78 Å².